The number of nitrogens with zero attached hydrogens (tertiary/aromatic N) is 1. The minimum Gasteiger partial charge on any atom is -0.492 e. The van der Waals surface area contributed by atoms with Crippen molar-refractivity contribution in [1.29, 1.82) is 0 Å². The van der Waals surface area contributed by atoms with E-state index < -0.39 is 0 Å². The number of halogens is 1. The van der Waals surface area contributed by atoms with Crippen molar-refractivity contribution in [2.75, 3.05) is 37.4 Å². The largest absolute Gasteiger partial charge is 0.492 e. The van der Waals surface area contributed by atoms with Crippen molar-refractivity contribution < 1.29 is 14.3 Å². The summed E-state index contributed by atoms with van der Waals surface area (Å²) in [6.45, 7) is 5.36. The van der Waals surface area contributed by atoms with Gasteiger partial charge in [0, 0.05) is 25.7 Å². The zero-order chi connectivity index (χ0) is 19.9. The fourth-order valence-electron chi connectivity index (χ4n) is 3.24. The average Bonchev–Trinajstić information content (AvgIpc) is 2.67. The molecule has 1 unspecified atom stereocenters. The van der Waals surface area contributed by atoms with Gasteiger partial charge in [-0.05, 0) is 18.6 Å². The molecule has 0 radical (unpaired) electrons. The summed E-state index contributed by atoms with van der Waals surface area (Å²) in [5.41, 5.74) is 8.01. The van der Waals surface area contributed by atoms with Crippen molar-refractivity contribution in [3.8, 4) is 5.75 Å². The number of ether oxygens (including phenoxy) is 2. The molecule has 2 aromatic carbocycles. The van der Waals surface area contributed by atoms with Gasteiger partial charge in [-0.25, -0.2) is 0 Å². The minimum absolute atomic E-state index is 0.145. The summed E-state index contributed by atoms with van der Waals surface area (Å²) < 4.78 is 11.3. The van der Waals surface area contributed by atoms with Crippen LogP contribution in [0.4, 0.5) is 11.4 Å². The normalized spacial score (nSPS) is 17.3. The lowest BCUT2D eigenvalue weighted by Gasteiger charge is -2.32. The molecule has 1 aliphatic heterocycles. The number of carbonyl (C=O) groups excluding carboxylic acids is 1. The Balaban J connectivity index is 1.58. The number of hydrogen-bond acceptors (Lipinski definition) is 5. The molecule has 2 aromatic rings. The Kier molecular flexibility index (Phi) is 7.14. The van der Waals surface area contributed by atoms with E-state index >= 15 is 0 Å². The van der Waals surface area contributed by atoms with E-state index in [4.69, 9.17) is 26.8 Å². The van der Waals surface area contributed by atoms with Gasteiger partial charge in [-0.1, -0.05) is 41.9 Å². The Hall–Kier alpha value is -2.28. The van der Waals surface area contributed by atoms with E-state index in [0.717, 1.165) is 13.1 Å². The highest BCUT2D eigenvalue weighted by Crippen LogP contribution is 2.33. The van der Waals surface area contributed by atoms with Crippen LogP contribution >= 0.6 is 11.6 Å². The number of nitrogens with two attached hydrogens (primary N) is 1. The van der Waals surface area contributed by atoms with Crippen LogP contribution in [-0.4, -0.2) is 43.2 Å². The lowest BCUT2D eigenvalue weighted by Crippen LogP contribution is -2.43. The van der Waals surface area contributed by atoms with Crippen molar-refractivity contribution in [3.63, 3.8) is 0 Å². The lowest BCUT2D eigenvalue weighted by molar-refractivity contribution is -0.121. The van der Waals surface area contributed by atoms with Crippen molar-refractivity contribution in [3.05, 3.63) is 53.1 Å². The van der Waals surface area contributed by atoms with Crippen LogP contribution in [0.25, 0.3) is 0 Å². The van der Waals surface area contributed by atoms with Crippen LogP contribution in [0.15, 0.2) is 42.5 Å². The van der Waals surface area contributed by atoms with Crippen LogP contribution in [0.5, 0.6) is 5.75 Å². The summed E-state index contributed by atoms with van der Waals surface area (Å²) in [5, 5.41) is 3.25. The number of morpholine rings is 1. The van der Waals surface area contributed by atoms with E-state index in [1.54, 1.807) is 12.1 Å². The minimum atomic E-state index is -0.155. The number of hydrogen-bond donors (Lipinski definition) is 2. The number of benzene rings is 2. The maximum absolute atomic E-state index is 12.6. The predicted molar refractivity (Wildman–Crippen MR) is 112 cm³/mol. The average molecular weight is 404 g/mol. The Labute approximate surface area is 170 Å². The molecule has 28 heavy (non-hydrogen) atoms. The maximum Gasteiger partial charge on any atom is 0.227 e. The monoisotopic (exact) mass is 403 g/mol. The van der Waals surface area contributed by atoms with Crippen LogP contribution in [0.1, 0.15) is 18.9 Å². The molecule has 0 spiro atoms. The van der Waals surface area contributed by atoms with Crippen molar-refractivity contribution in [2.45, 2.75) is 26.0 Å². The lowest BCUT2D eigenvalue weighted by atomic mass is 10.1. The first-order valence-electron chi connectivity index (χ1n) is 9.44. The second kappa shape index (κ2) is 9.78. The van der Waals surface area contributed by atoms with Gasteiger partial charge < -0.3 is 20.5 Å². The van der Waals surface area contributed by atoms with Gasteiger partial charge in [-0.15, -0.1) is 0 Å². The molecule has 1 saturated heterocycles. The number of carbonyl (C=O) groups is 1. The van der Waals surface area contributed by atoms with E-state index in [0.29, 0.717) is 41.9 Å². The molecule has 6 nitrogen and oxygen atoms in total. The van der Waals surface area contributed by atoms with Gasteiger partial charge in [0.15, 0.2) is 0 Å². The van der Waals surface area contributed by atoms with E-state index in [9.17, 15) is 4.79 Å². The van der Waals surface area contributed by atoms with Gasteiger partial charge in [0.05, 0.1) is 42.1 Å². The maximum atomic E-state index is 12.6. The Morgan fingerprint density at radius 3 is 2.89 bits per heavy atom. The van der Waals surface area contributed by atoms with Crippen LogP contribution < -0.4 is 15.8 Å². The molecular weight excluding hydrogens is 378 g/mol. The fraction of sp³-hybridized carbons (Fsp3) is 0.381. The standard InChI is InChI=1S/C21H26ClN3O3/c1-2-27-20-12-18(23)17(22)11-19(20)24-21(26)10-16-14-25(8-9-28-16)13-15-6-4-3-5-7-15/h3-7,11-12,16H,2,8-10,13-14,23H2,1H3,(H,24,26). The number of rotatable bonds is 7. The summed E-state index contributed by atoms with van der Waals surface area (Å²) in [5.74, 6) is 0.362. The highest BCUT2D eigenvalue weighted by molar-refractivity contribution is 6.33. The molecule has 1 aliphatic rings. The molecule has 0 aromatic heterocycles. The molecule has 0 aliphatic carbocycles. The molecule has 1 fully saturated rings. The van der Waals surface area contributed by atoms with Crippen molar-refractivity contribution >= 4 is 28.9 Å². The van der Waals surface area contributed by atoms with Crippen molar-refractivity contribution in [1.82, 2.24) is 4.90 Å². The molecule has 150 valence electrons. The van der Waals surface area contributed by atoms with Gasteiger partial charge in [0.1, 0.15) is 5.75 Å². The van der Waals surface area contributed by atoms with E-state index in [2.05, 4.69) is 22.3 Å². The van der Waals surface area contributed by atoms with Gasteiger partial charge in [0.2, 0.25) is 5.91 Å². The molecule has 0 bridgehead atoms. The van der Waals surface area contributed by atoms with Gasteiger partial charge in [-0.2, -0.15) is 0 Å². The Morgan fingerprint density at radius 1 is 1.36 bits per heavy atom. The fourth-order valence-corrected chi connectivity index (χ4v) is 3.40. The molecule has 1 heterocycles. The van der Waals surface area contributed by atoms with E-state index in [1.807, 2.05) is 25.1 Å². The Morgan fingerprint density at radius 2 is 2.14 bits per heavy atom. The second-order valence-corrected chi connectivity index (χ2v) is 7.18. The summed E-state index contributed by atoms with van der Waals surface area (Å²) >= 11 is 6.09. The topological polar surface area (TPSA) is 76.8 Å². The molecule has 0 saturated carbocycles. The predicted octanol–water partition coefficient (Wildman–Crippen LogP) is 3.55. The first-order valence-corrected chi connectivity index (χ1v) is 9.82. The smallest absolute Gasteiger partial charge is 0.227 e. The molecule has 1 amide bonds. The molecule has 3 rings (SSSR count). The highest BCUT2D eigenvalue weighted by atomic mass is 35.5. The molecule has 7 heteroatoms. The number of anilines is 2. The summed E-state index contributed by atoms with van der Waals surface area (Å²) in [6, 6.07) is 13.5. The second-order valence-electron chi connectivity index (χ2n) is 6.77. The van der Waals surface area contributed by atoms with Crippen LogP contribution in [0.2, 0.25) is 5.02 Å². The van der Waals surface area contributed by atoms with Crippen LogP contribution in [-0.2, 0) is 16.1 Å². The highest BCUT2D eigenvalue weighted by Gasteiger charge is 2.23. The van der Waals surface area contributed by atoms with Crippen LogP contribution in [0.3, 0.4) is 0 Å². The zero-order valence-corrected chi connectivity index (χ0v) is 16.7. The molecule has 1 atom stereocenters. The third-order valence-corrected chi connectivity index (χ3v) is 4.89. The number of nitrogen functional groups attached to an aromatic ring is 1. The van der Waals surface area contributed by atoms with Gasteiger partial charge in [0.25, 0.3) is 0 Å². The SMILES string of the molecule is CCOc1cc(N)c(Cl)cc1NC(=O)CC1CN(Cc2ccccc2)CCO1. The van der Waals surface area contributed by atoms with E-state index in [1.165, 1.54) is 5.56 Å². The van der Waals surface area contributed by atoms with Gasteiger partial charge in [-0.3, -0.25) is 9.69 Å². The molecular formula is C21H26ClN3O3. The third-order valence-electron chi connectivity index (χ3n) is 4.56. The van der Waals surface area contributed by atoms with Gasteiger partial charge >= 0.3 is 0 Å². The molecule has 3 N–H and O–H groups in total. The third kappa shape index (κ3) is 5.61. The Bertz CT molecular complexity index is 801. The first kappa shape index (κ1) is 20.5. The van der Waals surface area contributed by atoms with E-state index in [-0.39, 0.29) is 18.4 Å². The quantitative estimate of drug-likeness (QED) is 0.691. The zero-order valence-electron chi connectivity index (χ0n) is 16.0. The van der Waals surface area contributed by atoms with Crippen LogP contribution in [0, 0.1) is 0 Å². The summed E-state index contributed by atoms with van der Waals surface area (Å²) in [7, 11) is 0. The number of amides is 1. The number of nitrogens with one attached hydrogen (secondary N) is 1. The summed E-state index contributed by atoms with van der Waals surface area (Å²) in [6.07, 6.45) is 0.107. The summed E-state index contributed by atoms with van der Waals surface area (Å²) in [4.78, 5) is 14.9. The first-order chi connectivity index (χ1) is 13.5. The van der Waals surface area contributed by atoms with Crippen molar-refractivity contribution in [2.24, 2.45) is 0 Å².